The maximum absolute atomic E-state index is 12.0. The van der Waals surface area contributed by atoms with Crippen molar-refractivity contribution in [2.24, 2.45) is 0 Å². The van der Waals surface area contributed by atoms with Crippen molar-refractivity contribution in [1.29, 1.82) is 0 Å². The fraction of sp³-hybridized carbons (Fsp3) is 0.111. The summed E-state index contributed by atoms with van der Waals surface area (Å²) in [5, 5.41) is 22.5. The first kappa shape index (κ1) is 21.2. The predicted octanol–water partition coefficient (Wildman–Crippen LogP) is 2.61. The predicted molar refractivity (Wildman–Crippen MR) is 113 cm³/mol. The molecular formula is C18H16N6O4S2. The van der Waals surface area contributed by atoms with E-state index >= 15 is 0 Å². The number of rotatable bonds is 8. The Balaban J connectivity index is 1.39. The lowest BCUT2D eigenvalue weighted by Gasteiger charge is -2.06. The molecule has 10 nitrogen and oxygen atoms in total. The van der Waals surface area contributed by atoms with Crippen LogP contribution in [0.3, 0.4) is 0 Å². The minimum Gasteiger partial charge on any atom is -0.356 e. The van der Waals surface area contributed by atoms with Crippen LogP contribution in [0.15, 0.2) is 58.9 Å². The zero-order chi connectivity index (χ0) is 21.3. The number of nitrogens with one attached hydrogen (secondary N) is 3. The molecule has 1 heterocycles. The molecule has 0 saturated carbocycles. The lowest BCUT2D eigenvalue weighted by molar-refractivity contribution is -0.384. The standard InChI is InChI=1S/C18H16N6O4S2/c25-15(20-21-16(26)13-6-8-14(9-7-13)24(27)28)11-29-18-23-22-17(30-18)19-10-12-4-2-1-3-5-12/h1-9H,10-11H2,(H,19,22)(H,20,25)(H,21,26). The third kappa shape index (κ3) is 6.25. The van der Waals surface area contributed by atoms with Gasteiger partial charge in [0.15, 0.2) is 4.34 Å². The summed E-state index contributed by atoms with van der Waals surface area (Å²) in [7, 11) is 0. The van der Waals surface area contributed by atoms with Gasteiger partial charge in [-0.2, -0.15) is 0 Å². The van der Waals surface area contributed by atoms with Gasteiger partial charge in [-0.3, -0.25) is 30.6 Å². The van der Waals surface area contributed by atoms with Crippen molar-refractivity contribution < 1.29 is 14.5 Å². The molecule has 154 valence electrons. The molecule has 2 aromatic carbocycles. The van der Waals surface area contributed by atoms with Gasteiger partial charge in [0, 0.05) is 24.2 Å². The Morgan fingerprint density at radius 1 is 1.03 bits per heavy atom. The van der Waals surface area contributed by atoms with Crippen LogP contribution in [-0.4, -0.2) is 32.7 Å². The van der Waals surface area contributed by atoms with E-state index in [9.17, 15) is 19.7 Å². The van der Waals surface area contributed by atoms with Crippen LogP contribution in [0.2, 0.25) is 0 Å². The molecular weight excluding hydrogens is 428 g/mol. The van der Waals surface area contributed by atoms with Gasteiger partial charge < -0.3 is 5.32 Å². The van der Waals surface area contributed by atoms with Gasteiger partial charge in [-0.1, -0.05) is 53.4 Å². The second-order valence-electron chi connectivity index (χ2n) is 5.81. The highest BCUT2D eigenvalue weighted by Gasteiger charge is 2.12. The number of amides is 2. The zero-order valence-corrected chi connectivity index (χ0v) is 17.0. The Kier molecular flexibility index (Phi) is 7.29. The number of thioether (sulfide) groups is 1. The SMILES string of the molecule is O=C(CSc1nnc(NCc2ccccc2)s1)NNC(=O)c1ccc([N+](=O)[O-])cc1. The summed E-state index contributed by atoms with van der Waals surface area (Å²) in [6.45, 7) is 0.620. The number of hydrogen-bond acceptors (Lipinski definition) is 9. The first-order valence-electron chi connectivity index (χ1n) is 8.59. The molecule has 3 rings (SSSR count). The second-order valence-corrected chi connectivity index (χ2v) is 8.01. The Bertz CT molecular complexity index is 1030. The zero-order valence-electron chi connectivity index (χ0n) is 15.4. The van der Waals surface area contributed by atoms with Crippen molar-refractivity contribution in [1.82, 2.24) is 21.0 Å². The van der Waals surface area contributed by atoms with E-state index in [1.54, 1.807) is 0 Å². The van der Waals surface area contributed by atoms with E-state index in [0.717, 1.165) is 5.56 Å². The van der Waals surface area contributed by atoms with Gasteiger partial charge in [-0.05, 0) is 17.7 Å². The molecule has 3 N–H and O–H groups in total. The molecule has 0 radical (unpaired) electrons. The third-order valence-corrected chi connectivity index (χ3v) is 5.69. The third-order valence-electron chi connectivity index (χ3n) is 3.68. The maximum atomic E-state index is 12.0. The van der Waals surface area contributed by atoms with E-state index in [1.807, 2.05) is 30.3 Å². The smallest absolute Gasteiger partial charge is 0.269 e. The lowest BCUT2D eigenvalue weighted by Crippen LogP contribution is -2.42. The molecule has 0 aliphatic carbocycles. The first-order valence-corrected chi connectivity index (χ1v) is 10.4. The number of benzene rings is 2. The quantitative estimate of drug-likeness (QED) is 0.274. The van der Waals surface area contributed by atoms with Gasteiger partial charge in [0.25, 0.3) is 11.6 Å². The first-order chi connectivity index (χ1) is 14.5. The Morgan fingerprint density at radius 2 is 1.77 bits per heavy atom. The fourth-order valence-corrected chi connectivity index (χ4v) is 3.76. The molecule has 3 aromatic rings. The second kappa shape index (κ2) is 10.3. The van der Waals surface area contributed by atoms with Crippen molar-refractivity contribution in [3.05, 3.63) is 75.8 Å². The maximum Gasteiger partial charge on any atom is 0.269 e. The minimum atomic E-state index is -0.577. The Hall–Kier alpha value is -3.51. The van der Waals surface area contributed by atoms with Gasteiger partial charge >= 0.3 is 0 Å². The molecule has 0 unspecified atom stereocenters. The van der Waals surface area contributed by atoms with Gasteiger partial charge in [-0.25, -0.2) is 0 Å². The van der Waals surface area contributed by atoms with Crippen LogP contribution >= 0.6 is 23.1 Å². The van der Waals surface area contributed by atoms with E-state index in [-0.39, 0.29) is 17.0 Å². The molecule has 1 aromatic heterocycles. The summed E-state index contributed by atoms with van der Waals surface area (Å²) in [5.41, 5.74) is 5.73. The molecule has 12 heteroatoms. The highest BCUT2D eigenvalue weighted by molar-refractivity contribution is 8.01. The number of non-ortho nitro benzene ring substituents is 1. The van der Waals surface area contributed by atoms with Gasteiger partial charge in [0.05, 0.1) is 10.7 Å². The molecule has 0 bridgehead atoms. The summed E-state index contributed by atoms with van der Waals surface area (Å²) in [4.78, 5) is 33.9. The summed E-state index contributed by atoms with van der Waals surface area (Å²) < 4.78 is 0.613. The van der Waals surface area contributed by atoms with Gasteiger partial charge in [-0.15, -0.1) is 10.2 Å². The van der Waals surface area contributed by atoms with Crippen LogP contribution < -0.4 is 16.2 Å². The van der Waals surface area contributed by atoms with Crippen molar-refractivity contribution in [2.75, 3.05) is 11.1 Å². The molecule has 30 heavy (non-hydrogen) atoms. The number of hydrogen-bond donors (Lipinski definition) is 3. The van der Waals surface area contributed by atoms with Gasteiger partial charge in [0.2, 0.25) is 11.0 Å². The van der Waals surface area contributed by atoms with Crippen LogP contribution in [0.5, 0.6) is 0 Å². The van der Waals surface area contributed by atoms with Gasteiger partial charge in [0.1, 0.15) is 0 Å². The number of nitrogens with zero attached hydrogens (tertiary/aromatic N) is 3. The monoisotopic (exact) mass is 444 g/mol. The van der Waals surface area contributed by atoms with E-state index in [0.29, 0.717) is 16.0 Å². The van der Waals surface area contributed by atoms with Crippen molar-refractivity contribution in [3.8, 4) is 0 Å². The number of aromatic nitrogens is 2. The topological polar surface area (TPSA) is 139 Å². The van der Waals surface area contributed by atoms with E-state index < -0.39 is 16.7 Å². The van der Waals surface area contributed by atoms with Crippen molar-refractivity contribution >= 4 is 45.7 Å². The largest absolute Gasteiger partial charge is 0.356 e. The van der Waals surface area contributed by atoms with E-state index in [4.69, 9.17) is 0 Å². The van der Waals surface area contributed by atoms with Crippen molar-refractivity contribution in [2.45, 2.75) is 10.9 Å². The molecule has 0 fully saturated rings. The minimum absolute atomic E-state index is 0.0356. The fourth-order valence-electron chi connectivity index (χ4n) is 2.21. The Morgan fingerprint density at radius 3 is 2.47 bits per heavy atom. The molecule has 0 aliphatic heterocycles. The van der Waals surface area contributed by atoms with Crippen LogP contribution in [-0.2, 0) is 11.3 Å². The number of hydrazine groups is 1. The highest BCUT2D eigenvalue weighted by atomic mass is 32.2. The van der Waals surface area contributed by atoms with Crippen LogP contribution in [0.1, 0.15) is 15.9 Å². The summed E-state index contributed by atoms with van der Waals surface area (Å²) >= 11 is 2.52. The molecule has 2 amide bonds. The number of carbonyl (C=O) groups excluding carboxylic acids is 2. The number of nitro benzene ring substituents is 1. The van der Waals surface area contributed by atoms with Crippen LogP contribution in [0, 0.1) is 10.1 Å². The molecule has 0 saturated heterocycles. The van der Waals surface area contributed by atoms with Crippen molar-refractivity contribution in [3.63, 3.8) is 0 Å². The molecule has 0 aliphatic rings. The summed E-state index contributed by atoms with van der Waals surface area (Å²) in [6.07, 6.45) is 0. The average molecular weight is 444 g/mol. The normalized spacial score (nSPS) is 10.3. The number of nitro groups is 1. The lowest BCUT2D eigenvalue weighted by atomic mass is 10.2. The average Bonchev–Trinajstić information content (AvgIpc) is 3.23. The molecule has 0 atom stereocenters. The summed E-state index contributed by atoms with van der Waals surface area (Å²) in [6, 6.07) is 14.9. The van der Waals surface area contributed by atoms with Crippen LogP contribution in [0.4, 0.5) is 10.8 Å². The van der Waals surface area contributed by atoms with E-state index in [2.05, 4.69) is 26.4 Å². The summed E-state index contributed by atoms with van der Waals surface area (Å²) in [5.74, 6) is -0.968. The molecule has 0 spiro atoms. The highest BCUT2D eigenvalue weighted by Crippen LogP contribution is 2.25. The Labute approximate surface area is 179 Å². The van der Waals surface area contributed by atoms with E-state index in [1.165, 1.54) is 47.4 Å². The number of anilines is 1. The number of carbonyl (C=O) groups is 2. The van der Waals surface area contributed by atoms with Crippen LogP contribution in [0.25, 0.3) is 0 Å².